The molecule has 1 aromatic heterocycles. The first-order valence-corrected chi connectivity index (χ1v) is 8.57. The maximum atomic E-state index is 12.2. The van der Waals surface area contributed by atoms with Crippen LogP contribution >= 0.6 is 11.6 Å². The van der Waals surface area contributed by atoms with Gasteiger partial charge < -0.3 is 15.1 Å². The zero-order chi connectivity index (χ0) is 20.1. The lowest BCUT2D eigenvalue weighted by Crippen LogP contribution is -2.33. The third-order valence-corrected chi connectivity index (χ3v) is 3.95. The van der Waals surface area contributed by atoms with Gasteiger partial charge in [-0.25, -0.2) is 4.98 Å². The van der Waals surface area contributed by atoms with Crippen LogP contribution in [0.1, 0.15) is 16.2 Å². The molecule has 0 unspecified atom stereocenters. The maximum Gasteiger partial charge on any atom is 0.405 e. The van der Waals surface area contributed by atoms with E-state index in [0.717, 1.165) is 5.56 Å². The maximum absolute atomic E-state index is 12.2. The Morgan fingerprint density at radius 1 is 1.14 bits per heavy atom. The Morgan fingerprint density at radius 2 is 1.89 bits per heavy atom. The van der Waals surface area contributed by atoms with Crippen molar-refractivity contribution in [3.8, 4) is 11.3 Å². The number of amides is 1. The fourth-order valence-corrected chi connectivity index (χ4v) is 2.50. The number of carbonyl (C=O) groups is 1. The number of aromatic nitrogens is 1. The molecule has 146 valence electrons. The van der Waals surface area contributed by atoms with Crippen LogP contribution in [-0.4, -0.2) is 23.6 Å². The third kappa shape index (κ3) is 5.50. The topological polar surface area (TPSA) is 67.2 Å². The lowest BCUT2D eigenvalue weighted by Gasteiger charge is -2.09. The van der Waals surface area contributed by atoms with Gasteiger partial charge >= 0.3 is 6.18 Å². The molecule has 3 rings (SSSR count). The lowest BCUT2D eigenvalue weighted by molar-refractivity contribution is -0.123. The molecule has 0 atom stereocenters. The number of nitrogens with zero attached hydrogens (tertiary/aromatic N) is 1. The summed E-state index contributed by atoms with van der Waals surface area (Å²) >= 11 is 5.86. The molecule has 5 nitrogen and oxygen atoms in total. The highest BCUT2D eigenvalue weighted by molar-refractivity contribution is 6.30. The summed E-state index contributed by atoms with van der Waals surface area (Å²) in [7, 11) is 0. The molecule has 0 saturated carbocycles. The SMILES string of the molecule is O=C(NCC(F)(F)F)c1cccc(NCc2ncc(-c3ccc(Cl)cc3)o2)c1. The Balaban J connectivity index is 1.61. The molecule has 0 radical (unpaired) electrons. The van der Waals surface area contributed by atoms with E-state index in [9.17, 15) is 18.0 Å². The minimum Gasteiger partial charge on any atom is -0.439 e. The zero-order valence-corrected chi connectivity index (χ0v) is 15.1. The van der Waals surface area contributed by atoms with Crippen molar-refractivity contribution in [2.45, 2.75) is 12.7 Å². The van der Waals surface area contributed by atoms with Crippen molar-refractivity contribution in [1.82, 2.24) is 10.3 Å². The second kappa shape index (κ2) is 8.35. The fraction of sp³-hybridized carbons (Fsp3) is 0.158. The van der Waals surface area contributed by atoms with Crippen LogP contribution in [0.25, 0.3) is 11.3 Å². The predicted molar refractivity (Wildman–Crippen MR) is 99.1 cm³/mol. The van der Waals surface area contributed by atoms with Crippen LogP contribution in [0, 0.1) is 0 Å². The van der Waals surface area contributed by atoms with E-state index < -0.39 is 18.6 Å². The number of benzene rings is 2. The zero-order valence-electron chi connectivity index (χ0n) is 14.4. The van der Waals surface area contributed by atoms with Gasteiger partial charge in [0.15, 0.2) is 5.76 Å². The van der Waals surface area contributed by atoms with Gasteiger partial charge in [-0.3, -0.25) is 4.79 Å². The summed E-state index contributed by atoms with van der Waals surface area (Å²) < 4.78 is 42.3. The molecule has 28 heavy (non-hydrogen) atoms. The van der Waals surface area contributed by atoms with Crippen molar-refractivity contribution in [3.63, 3.8) is 0 Å². The minimum atomic E-state index is -4.46. The predicted octanol–water partition coefficient (Wildman–Crippen LogP) is 4.90. The molecule has 0 bridgehead atoms. The highest BCUT2D eigenvalue weighted by Crippen LogP contribution is 2.23. The quantitative estimate of drug-likeness (QED) is 0.607. The van der Waals surface area contributed by atoms with E-state index in [1.807, 2.05) is 17.4 Å². The normalized spacial score (nSPS) is 11.3. The number of anilines is 1. The molecule has 0 fully saturated rings. The molecule has 0 aliphatic heterocycles. The molecular formula is C19H15ClF3N3O2. The number of hydrogen-bond acceptors (Lipinski definition) is 4. The van der Waals surface area contributed by atoms with E-state index >= 15 is 0 Å². The standard InChI is InChI=1S/C19H15ClF3N3O2/c20-14-6-4-12(5-7-14)16-9-25-17(28-16)10-24-15-3-1-2-13(8-15)18(27)26-11-19(21,22)23/h1-9,24H,10-11H2,(H,26,27). The van der Waals surface area contributed by atoms with Gasteiger partial charge in [0.05, 0.1) is 12.7 Å². The van der Waals surface area contributed by atoms with Crippen molar-refractivity contribution in [2.24, 2.45) is 0 Å². The number of halogens is 4. The van der Waals surface area contributed by atoms with Gasteiger partial charge in [-0.05, 0) is 42.5 Å². The van der Waals surface area contributed by atoms with Crippen LogP contribution in [0.3, 0.4) is 0 Å². The van der Waals surface area contributed by atoms with Crippen LogP contribution in [0.2, 0.25) is 5.02 Å². The summed E-state index contributed by atoms with van der Waals surface area (Å²) in [5.41, 5.74) is 1.49. The molecule has 3 aromatic rings. The van der Waals surface area contributed by atoms with Crippen molar-refractivity contribution in [2.75, 3.05) is 11.9 Å². The van der Waals surface area contributed by atoms with Crippen molar-refractivity contribution in [3.05, 3.63) is 71.2 Å². The minimum absolute atomic E-state index is 0.114. The van der Waals surface area contributed by atoms with Gasteiger partial charge in [-0.1, -0.05) is 17.7 Å². The molecule has 2 N–H and O–H groups in total. The Bertz CT molecular complexity index is 956. The van der Waals surface area contributed by atoms with Crippen LogP contribution in [0.4, 0.5) is 18.9 Å². The van der Waals surface area contributed by atoms with Crippen molar-refractivity contribution in [1.29, 1.82) is 0 Å². The molecule has 0 aliphatic rings. The van der Waals surface area contributed by atoms with E-state index in [-0.39, 0.29) is 12.1 Å². The number of carbonyl (C=O) groups excluding carboxylic acids is 1. The van der Waals surface area contributed by atoms with Gasteiger partial charge in [0.1, 0.15) is 6.54 Å². The Labute approximate surface area is 163 Å². The first-order chi connectivity index (χ1) is 13.3. The number of hydrogen-bond donors (Lipinski definition) is 2. The summed E-state index contributed by atoms with van der Waals surface area (Å²) in [6.07, 6.45) is -2.88. The van der Waals surface area contributed by atoms with Gasteiger partial charge in [-0.2, -0.15) is 13.2 Å². The molecule has 1 amide bonds. The van der Waals surface area contributed by atoms with Crippen molar-refractivity contribution < 1.29 is 22.4 Å². The van der Waals surface area contributed by atoms with Crippen LogP contribution in [-0.2, 0) is 6.54 Å². The number of alkyl halides is 3. The summed E-state index contributed by atoms with van der Waals surface area (Å²) in [5.74, 6) is 0.188. The molecule has 9 heteroatoms. The van der Waals surface area contributed by atoms with E-state index in [4.69, 9.17) is 16.0 Å². The average molecular weight is 410 g/mol. The highest BCUT2D eigenvalue weighted by Gasteiger charge is 2.27. The summed E-state index contributed by atoms with van der Waals surface area (Å²) in [5, 5.41) is 5.47. The van der Waals surface area contributed by atoms with Gasteiger partial charge in [0.2, 0.25) is 5.89 Å². The highest BCUT2D eigenvalue weighted by atomic mass is 35.5. The van der Waals surface area contributed by atoms with Crippen LogP contribution in [0.15, 0.2) is 59.1 Å². The van der Waals surface area contributed by atoms with Gasteiger partial charge in [0, 0.05) is 21.8 Å². The Morgan fingerprint density at radius 3 is 2.61 bits per heavy atom. The van der Waals surface area contributed by atoms with E-state index in [0.29, 0.717) is 22.4 Å². The molecule has 0 spiro atoms. The summed E-state index contributed by atoms with van der Waals surface area (Å²) in [6, 6.07) is 13.2. The van der Waals surface area contributed by atoms with E-state index in [1.165, 1.54) is 12.1 Å². The van der Waals surface area contributed by atoms with Gasteiger partial charge in [0.25, 0.3) is 5.91 Å². The number of rotatable bonds is 6. The molecule has 0 saturated heterocycles. The molecule has 1 heterocycles. The van der Waals surface area contributed by atoms with Crippen molar-refractivity contribution >= 4 is 23.2 Å². The largest absolute Gasteiger partial charge is 0.439 e. The molecule has 2 aromatic carbocycles. The molecule has 0 aliphatic carbocycles. The first kappa shape index (κ1) is 19.8. The fourth-order valence-electron chi connectivity index (χ4n) is 2.37. The van der Waals surface area contributed by atoms with E-state index in [2.05, 4.69) is 10.3 Å². The smallest absolute Gasteiger partial charge is 0.405 e. The lowest BCUT2D eigenvalue weighted by atomic mass is 10.2. The second-order valence-corrected chi connectivity index (χ2v) is 6.29. The van der Waals surface area contributed by atoms with E-state index in [1.54, 1.807) is 30.5 Å². The van der Waals surface area contributed by atoms with Crippen LogP contribution < -0.4 is 10.6 Å². The summed E-state index contributed by atoms with van der Waals surface area (Å²) in [6.45, 7) is -1.14. The van der Waals surface area contributed by atoms with Gasteiger partial charge in [-0.15, -0.1) is 0 Å². The van der Waals surface area contributed by atoms with Crippen LogP contribution in [0.5, 0.6) is 0 Å². The Hall–Kier alpha value is -3.00. The monoisotopic (exact) mass is 409 g/mol. The summed E-state index contributed by atoms with van der Waals surface area (Å²) in [4.78, 5) is 16.0. The first-order valence-electron chi connectivity index (χ1n) is 8.20. The Kier molecular flexibility index (Phi) is 5.89. The number of oxazole rings is 1. The average Bonchev–Trinajstić information content (AvgIpc) is 3.14. The second-order valence-electron chi connectivity index (χ2n) is 5.86. The third-order valence-electron chi connectivity index (χ3n) is 3.70. The molecular weight excluding hydrogens is 395 g/mol. The number of nitrogens with one attached hydrogen (secondary N) is 2.